The molecular formula is C21H21N3O2. The average molecular weight is 347 g/mol. The van der Waals surface area contributed by atoms with Crippen molar-refractivity contribution in [1.82, 2.24) is 9.88 Å². The lowest BCUT2D eigenvalue weighted by Crippen LogP contribution is -2.22. The van der Waals surface area contributed by atoms with Crippen molar-refractivity contribution in [1.29, 1.82) is 5.26 Å². The fourth-order valence-corrected chi connectivity index (χ4v) is 3.20. The first-order chi connectivity index (χ1) is 12.6. The minimum absolute atomic E-state index is 0.0749. The predicted octanol–water partition coefficient (Wildman–Crippen LogP) is 3.25. The Morgan fingerprint density at radius 2 is 2.00 bits per heavy atom. The number of nitrogens with zero attached hydrogens (tertiary/aromatic N) is 2. The molecule has 0 saturated carbocycles. The van der Waals surface area contributed by atoms with Gasteiger partial charge in [0.15, 0.2) is 0 Å². The van der Waals surface area contributed by atoms with Crippen molar-refractivity contribution in [2.45, 2.75) is 19.9 Å². The second-order valence-electron chi connectivity index (χ2n) is 6.13. The number of nitriles is 1. The SMILES string of the molecule is COc1ccc2c(c1)c(CCNC(C)=O)c(C#N)n2Cc1ccccc1. The molecule has 5 heteroatoms. The summed E-state index contributed by atoms with van der Waals surface area (Å²) < 4.78 is 7.39. The fraction of sp³-hybridized carbons (Fsp3) is 0.238. The van der Waals surface area contributed by atoms with Gasteiger partial charge in [0.05, 0.1) is 7.11 Å². The Morgan fingerprint density at radius 1 is 1.23 bits per heavy atom. The van der Waals surface area contributed by atoms with E-state index >= 15 is 0 Å². The number of methoxy groups -OCH3 is 1. The van der Waals surface area contributed by atoms with Gasteiger partial charge in [0.2, 0.25) is 5.91 Å². The number of hydrogen-bond donors (Lipinski definition) is 1. The molecule has 0 unspecified atom stereocenters. The number of rotatable bonds is 6. The van der Waals surface area contributed by atoms with Crippen LogP contribution in [0.1, 0.15) is 23.7 Å². The van der Waals surface area contributed by atoms with E-state index in [9.17, 15) is 10.1 Å². The summed E-state index contributed by atoms with van der Waals surface area (Å²) in [5.41, 5.74) is 3.68. The van der Waals surface area contributed by atoms with E-state index in [-0.39, 0.29) is 5.91 Å². The van der Waals surface area contributed by atoms with E-state index in [2.05, 4.69) is 11.4 Å². The van der Waals surface area contributed by atoms with E-state index in [4.69, 9.17) is 4.74 Å². The summed E-state index contributed by atoms with van der Waals surface area (Å²) in [6, 6.07) is 18.3. The summed E-state index contributed by atoms with van der Waals surface area (Å²) in [5, 5.41) is 13.6. The number of nitrogens with one attached hydrogen (secondary N) is 1. The molecule has 0 bridgehead atoms. The number of carbonyl (C=O) groups excluding carboxylic acids is 1. The normalized spacial score (nSPS) is 10.5. The monoisotopic (exact) mass is 347 g/mol. The molecule has 0 fully saturated rings. The van der Waals surface area contributed by atoms with Crippen molar-refractivity contribution in [3.8, 4) is 11.8 Å². The van der Waals surface area contributed by atoms with Gasteiger partial charge in [-0.1, -0.05) is 30.3 Å². The van der Waals surface area contributed by atoms with E-state index < -0.39 is 0 Å². The molecule has 3 aromatic rings. The molecule has 2 aromatic carbocycles. The van der Waals surface area contributed by atoms with Gasteiger partial charge in [-0.2, -0.15) is 5.26 Å². The quantitative estimate of drug-likeness (QED) is 0.744. The van der Waals surface area contributed by atoms with Gasteiger partial charge in [-0.05, 0) is 35.7 Å². The van der Waals surface area contributed by atoms with Gasteiger partial charge in [0.1, 0.15) is 17.5 Å². The minimum Gasteiger partial charge on any atom is -0.497 e. The van der Waals surface area contributed by atoms with Crippen LogP contribution in [-0.2, 0) is 17.8 Å². The van der Waals surface area contributed by atoms with Crippen molar-refractivity contribution >= 4 is 16.8 Å². The summed E-state index contributed by atoms with van der Waals surface area (Å²) >= 11 is 0. The molecule has 132 valence electrons. The highest BCUT2D eigenvalue weighted by atomic mass is 16.5. The van der Waals surface area contributed by atoms with Crippen LogP contribution in [0.2, 0.25) is 0 Å². The van der Waals surface area contributed by atoms with Gasteiger partial charge in [-0.15, -0.1) is 0 Å². The van der Waals surface area contributed by atoms with Crippen molar-refractivity contribution in [3.05, 3.63) is 65.4 Å². The molecule has 1 aromatic heterocycles. The van der Waals surface area contributed by atoms with Crippen molar-refractivity contribution in [2.24, 2.45) is 0 Å². The zero-order valence-electron chi connectivity index (χ0n) is 15.0. The second-order valence-corrected chi connectivity index (χ2v) is 6.13. The highest BCUT2D eigenvalue weighted by Gasteiger charge is 2.18. The average Bonchev–Trinajstić information content (AvgIpc) is 2.94. The maximum absolute atomic E-state index is 11.2. The minimum atomic E-state index is -0.0749. The first-order valence-electron chi connectivity index (χ1n) is 8.51. The third-order valence-electron chi connectivity index (χ3n) is 4.41. The van der Waals surface area contributed by atoms with Gasteiger partial charge < -0.3 is 14.6 Å². The van der Waals surface area contributed by atoms with Crippen LogP contribution in [-0.4, -0.2) is 24.1 Å². The number of hydrogen-bond acceptors (Lipinski definition) is 3. The molecule has 1 N–H and O–H groups in total. The molecular weight excluding hydrogens is 326 g/mol. The molecule has 0 radical (unpaired) electrons. The maximum atomic E-state index is 11.2. The van der Waals surface area contributed by atoms with Gasteiger partial charge in [-0.25, -0.2) is 0 Å². The number of aromatic nitrogens is 1. The highest BCUT2D eigenvalue weighted by molar-refractivity contribution is 5.88. The maximum Gasteiger partial charge on any atom is 0.216 e. The molecule has 0 atom stereocenters. The summed E-state index contributed by atoms with van der Waals surface area (Å²) in [6.45, 7) is 2.60. The molecule has 26 heavy (non-hydrogen) atoms. The van der Waals surface area contributed by atoms with Crippen molar-refractivity contribution in [2.75, 3.05) is 13.7 Å². The van der Waals surface area contributed by atoms with Crippen LogP contribution < -0.4 is 10.1 Å². The van der Waals surface area contributed by atoms with Crippen molar-refractivity contribution in [3.63, 3.8) is 0 Å². The molecule has 1 heterocycles. The Hall–Kier alpha value is -3.26. The lowest BCUT2D eigenvalue weighted by Gasteiger charge is -2.08. The Labute approximate surface area is 152 Å². The lowest BCUT2D eigenvalue weighted by molar-refractivity contribution is -0.118. The molecule has 3 rings (SSSR count). The Balaban J connectivity index is 2.10. The van der Waals surface area contributed by atoms with Crippen LogP contribution in [0, 0.1) is 11.3 Å². The van der Waals surface area contributed by atoms with Crippen molar-refractivity contribution < 1.29 is 9.53 Å². The fourth-order valence-electron chi connectivity index (χ4n) is 3.20. The van der Waals surface area contributed by atoms with Gasteiger partial charge >= 0.3 is 0 Å². The van der Waals surface area contributed by atoms with E-state index in [0.29, 0.717) is 25.2 Å². The van der Waals surface area contributed by atoms with Gasteiger partial charge in [-0.3, -0.25) is 4.79 Å². The molecule has 0 aliphatic rings. The molecule has 1 amide bonds. The Morgan fingerprint density at radius 3 is 2.65 bits per heavy atom. The molecule has 5 nitrogen and oxygen atoms in total. The topological polar surface area (TPSA) is 67.0 Å². The number of fused-ring (bicyclic) bond motifs is 1. The van der Waals surface area contributed by atoms with E-state index in [1.54, 1.807) is 7.11 Å². The van der Waals surface area contributed by atoms with Gasteiger partial charge in [0, 0.05) is 30.9 Å². The number of benzene rings is 2. The molecule has 0 aliphatic heterocycles. The third kappa shape index (κ3) is 3.55. The molecule has 0 aliphatic carbocycles. The summed E-state index contributed by atoms with van der Waals surface area (Å²) in [4.78, 5) is 11.2. The second kappa shape index (κ2) is 7.75. The summed E-state index contributed by atoms with van der Waals surface area (Å²) in [5.74, 6) is 0.675. The highest BCUT2D eigenvalue weighted by Crippen LogP contribution is 2.30. The van der Waals surface area contributed by atoms with Crippen LogP contribution in [0.5, 0.6) is 5.75 Å². The van der Waals surface area contributed by atoms with E-state index in [1.807, 2.05) is 53.1 Å². The van der Waals surface area contributed by atoms with E-state index in [1.165, 1.54) is 6.92 Å². The van der Waals surface area contributed by atoms with Crippen LogP contribution in [0.3, 0.4) is 0 Å². The lowest BCUT2D eigenvalue weighted by atomic mass is 10.1. The molecule has 0 spiro atoms. The zero-order chi connectivity index (χ0) is 18.5. The number of ether oxygens (including phenoxy) is 1. The Kier molecular flexibility index (Phi) is 5.23. The van der Waals surface area contributed by atoms with E-state index in [0.717, 1.165) is 27.8 Å². The van der Waals surface area contributed by atoms with Crippen LogP contribution in [0.4, 0.5) is 0 Å². The standard InChI is InChI=1S/C21H21N3O2/c1-15(25)23-11-10-18-19-12-17(26-2)8-9-20(19)24(21(18)13-22)14-16-6-4-3-5-7-16/h3-9,12H,10-11,14H2,1-2H3,(H,23,25). The Bertz CT molecular complexity index is 968. The predicted molar refractivity (Wildman–Crippen MR) is 101 cm³/mol. The summed E-state index contributed by atoms with van der Waals surface area (Å²) in [6.07, 6.45) is 0.591. The first-order valence-corrected chi connectivity index (χ1v) is 8.51. The van der Waals surface area contributed by atoms with Crippen LogP contribution in [0.25, 0.3) is 10.9 Å². The smallest absolute Gasteiger partial charge is 0.216 e. The third-order valence-corrected chi connectivity index (χ3v) is 4.41. The van der Waals surface area contributed by atoms with Crippen LogP contribution in [0.15, 0.2) is 48.5 Å². The molecule has 0 saturated heterocycles. The first kappa shape index (κ1) is 17.6. The largest absolute Gasteiger partial charge is 0.497 e. The zero-order valence-corrected chi connectivity index (χ0v) is 15.0. The number of carbonyl (C=O) groups is 1. The van der Waals surface area contributed by atoms with Gasteiger partial charge in [0.25, 0.3) is 0 Å². The van der Waals surface area contributed by atoms with Crippen LogP contribution >= 0.6 is 0 Å². The number of amides is 1. The summed E-state index contributed by atoms with van der Waals surface area (Å²) in [7, 11) is 1.63.